The third kappa shape index (κ3) is 3.60. The van der Waals surface area contributed by atoms with E-state index in [4.69, 9.17) is 9.47 Å². The van der Waals surface area contributed by atoms with Crippen molar-refractivity contribution in [2.45, 2.75) is 32.2 Å². The first kappa shape index (κ1) is 16.9. The van der Waals surface area contributed by atoms with E-state index in [1.54, 1.807) is 11.7 Å². The van der Waals surface area contributed by atoms with E-state index in [2.05, 4.69) is 36.2 Å². The monoisotopic (exact) mass is 397 g/mol. The lowest BCUT2D eigenvalue weighted by molar-refractivity contribution is -0.169. The minimum absolute atomic E-state index is 0.163. The highest BCUT2D eigenvalue weighted by molar-refractivity contribution is 9.10. The van der Waals surface area contributed by atoms with E-state index >= 15 is 0 Å². The molecule has 1 atom stereocenters. The minimum atomic E-state index is -1.17. The highest BCUT2D eigenvalue weighted by Crippen LogP contribution is 2.23. The van der Waals surface area contributed by atoms with Crippen LogP contribution < -0.4 is 0 Å². The molecule has 1 aliphatic heterocycles. The van der Waals surface area contributed by atoms with Crippen LogP contribution in [0.15, 0.2) is 10.8 Å². The van der Waals surface area contributed by atoms with Crippen LogP contribution in [0.4, 0.5) is 0 Å². The molecular formula is C14H16BrN5O4. The van der Waals surface area contributed by atoms with E-state index < -0.39 is 5.97 Å². The lowest BCUT2D eigenvalue weighted by atomic mass is 10.2. The topological polar surface area (TPSA) is 112 Å². The van der Waals surface area contributed by atoms with Crippen molar-refractivity contribution in [2.24, 2.45) is 7.05 Å². The Hall–Kier alpha value is -1.91. The number of carboxylic acids is 1. The van der Waals surface area contributed by atoms with Gasteiger partial charge in [-0.1, -0.05) is 5.21 Å². The largest absolute Gasteiger partial charge is 0.476 e. The molecule has 0 aliphatic carbocycles. The Morgan fingerprint density at radius 2 is 2.38 bits per heavy atom. The summed E-state index contributed by atoms with van der Waals surface area (Å²) in [7, 11) is 1.74. The highest BCUT2D eigenvalue weighted by atomic mass is 79.9. The number of hydrogen-bond donors (Lipinski definition) is 1. The summed E-state index contributed by atoms with van der Waals surface area (Å²) in [6.45, 7) is 0.935. The van der Waals surface area contributed by atoms with Crippen LogP contribution in [0.3, 0.4) is 0 Å². The molecule has 0 aromatic carbocycles. The fraction of sp³-hybridized carbons (Fsp3) is 0.500. The van der Waals surface area contributed by atoms with Crippen molar-refractivity contribution in [3.63, 3.8) is 0 Å². The van der Waals surface area contributed by atoms with Crippen LogP contribution in [0.1, 0.15) is 35.4 Å². The Morgan fingerprint density at radius 3 is 3.08 bits per heavy atom. The number of halogens is 1. The number of rotatable bonds is 5. The van der Waals surface area contributed by atoms with E-state index in [1.165, 1.54) is 6.20 Å². The summed E-state index contributed by atoms with van der Waals surface area (Å²) < 4.78 is 13.1. The highest BCUT2D eigenvalue weighted by Gasteiger charge is 2.21. The van der Waals surface area contributed by atoms with Crippen molar-refractivity contribution < 1.29 is 19.4 Å². The third-order valence-electron chi connectivity index (χ3n) is 3.66. The van der Waals surface area contributed by atoms with Gasteiger partial charge in [0.05, 0.1) is 18.5 Å². The van der Waals surface area contributed by atoms with Gasteiger partial charge < -0.3 is 14.6 Å². The van der Waals surface area contributed by atoms with Gasteiger partial charge in [0.25, 0.3) is 0 Å². The molecule has 10 heteroatoms. The number of aromatic carboxylic acids is 1. The van der Waals surface area contributed by atoms with Gasteiger partial charge in [-0.05, 0) is 35.2 Å². The van der Waals surface area contributed by atoms with Crippen molar-refractivity contribution in [1.82, 2.24) is 25.0 Å². The predicted octanol–water partition coefficient (Wildman–Crippen LogP) is 1.78. The van der Waals surface area contributed by atoms with Gasteiger partial charge in [0.1, 0.15) is 16.0 Å². The maximum absolute atomic E-state index is 11.2. The second-order valence-electron chi connectivity index (χ2n) is 5.32. The molecule has 3 rings (SSSR count). The zero-order valence-electron chi connectivity index (χ0n) is 13.0. The molecule has 0 spiro atoms. The van der Waals surface area contributed by atoms with Gasteiger partial charge in [-0.2, -0.15) is 0 Å². The predicted molar refractivity (Wildman–Crippen MR) is 85.1 cm³/mol. The number of aryl methyl sites for hydroxylation is 1. The summed E-state index contributed by atoms with van der Waals surface area (Å²) in [4.78, 5) is 19.3. The summed E-state index contributed by atoms with van der Waals surface area (Å²) in [5.41, 5.74) is 1.26. The molecule has 2 aromatic rings. The molecule has 1 fully saturated rings. The van der Waals surface area contributed by atoms with Gasteiger partial charge in [-0.3, -0.25) is 0 Å². The summed E-state index contributed by atoms with van der Waals surface area (Å²) in [6, 6.07) is 0. The average molecular weight is 398 g/mol. The molecule has 0 saturated carbocycles. The van der Waals surface area contributed by atoms with E-state index in [0.717, 1.165) is 19.3 Å². The third-order valence-corrected chi connectivity index (χ3v) is 4.24. The second-order valence-corrected chi connectivity index (χ2v) is 6.07. The summed E-state index contributed by atoms with van der Waals surface area (Å²) in [5, 5.41) is 17.2. The molecule has 24 heavy (non-hydrogen) atoms. The molecule has 128 valence electrons. The fourth-order valence-electron chi connectivity index (χ4n) is 2.38. The quantitative estimate of drug-likeness (QED) is 0.811. The molecule has 1 aliphatic rings. The van der Waals surface area contributed by atoms with Gasteiger partial charge >= 0.3 is 5.97 Å². The van der Waals surface area contributed by atoms with Crippen molar-refractivity contribution in [1.29, 1.82) is 0 Å². The van der Waals surface area contributed by atoms with E-state index in [1.807, 2.05) is 0 Å². The van der Waals surface area contributed by atoms with Crippen LogP contribution in [0.5, 0.6) is 0 Å². The minimum Gasteiger partial charge on any atom is -0.476 e. The number of hydrogen-bond acceptors (Lipinski definition) is 7. The van der Waals surface area contributed by atoms with Gasteiger partial charge in [-0.15, -0.1) is 5.10 Å². The number of ether oxygens (including phenoxy) is 2. The van der Waals surface area contributed by atoms with Gasteiger partial charge in [0, 0.05) is 13.7 Å². The molecule has 0 amide bonds. The zero-order valence-corrected chi connectivity index (χ0v) is 14.6. The van der Waals surface area contributed by atoms with Crippen molar-refractivity contribution in [3.8, 4) is 11.4 Å². The SMILES string of the molecule is Cn1nnc(-c2cnc(Br)c(C(=O)O)n2)c1COC1CCCCO1. The van der Waals surface area contributed by atoms with E-state index in [0.29, 0.717) is 23.7 Å². The second kappa shape index (κ2) is 7.32. The average Bonchev–Trinajstić information content (AvgIpc) is 2.95. The van der Waals surface area contributed by atoms with Crippen LogP contribution >= 0.6 is 15.9 Å². The maximum Gasteiger partial charge on any atom is 0.357 e. The Labute approximate surface area is 146 Å². The van der Waals surface area contributed by atoms with Gasteiger partial charge in [-0.25, -0.2) is 19.4 Å². The van der Waals surface area contributed by atoms with E-state index in [9.17, 15) is 9.90 Å². The summed E-state index contributed by atoms with van der Waals surface area (Å²) in [6.07, 6.45) is 4.17. The Bertz CT molecular complexity index is 745. The van der Waals surface area contributed by atoms with Gasteiger partial charge in [0.15, 0.2) is 12.0 Å². The molecular weight excluding hydrogens is 382 g/mol. The lowest BCUT2D eigenvalue weighted by Gasteiger charge is -2.22. The normalized spacial score (nSPS) is 17.8. The first-order chi connectivity index (χ1) is 11.6. The molecule has 2 aromatic heterocycles. The number of nitrogens with zero attached hydrogens (tertiary/aromatic N) is 5. The molecule has 1 N–H and O–H groups in total. The van der Waals surface area contributed by atoms with E-state index in [-0.39, 0.29) is 23.2 Å². The Kier molecular flexibility index (Phi) is 5.17. The molecule has 3 heterocycles. The van der Waals surface area contributed by atoms with Crippen LogP contribution in [-0.2, 0) is 23.1 Å². The molecule has 9 nitrogen and oxygen atoms in total. The lowest BCUT2D eigenvalue weighted by Crippen LogP contribution is -2.22. The number of carbonyl (C=O) groups is 1. The van der Waals surface area contributed by atoms with Crippen molar-refractivity contribution >= 4 is 21.9 Å². The molecule has 0 bridgehead atoms. The molecule has 1 saturated heterocycles. The number of aromatic nitrogens is 5. The first-order valence-electron chi connectivity index (χ1n) is 7.44. The Morgan fingerprint density at radius 1 is 1.54 bits per heavy atom. The molecule has 1 unspecified atom stereocenters. The fourth-order valence-corrected chi connectivity index (χ4v) is 2.74. The Balaban J connectivity index is 1.84. The zero-order chi connectivity index (χ0) is 17.1. The van der Waals surface area contributed by atoms with Crippen LogP contribution in [0.2, 0.25) is 0 Å². The van der Waals surface area contributed by atoms with Crippen LogP contribution in [0, 0.1) is 0 Å². The standard InChI is InChI=1S/C14H16BrN5O4/c1-20-9(7-24-10-4-2-3-5-23-10)11(18-19-20)8-6-16-13(15)12(17-8)14(21)22/h6,10H,2-5,7H2,1H3,(H,21,22). The number of carboxylic acid groups (broad SMARTS) is 1. The van der Waals surface area contributed by atoms with Crippen LogP contribution in [-0.4, -0.2) is 48.9 Å². The molecule has 0 radical (unpaired) electrons. The van der Waals surface area contributed by atoms with Crippen molar-refractivity contribution in [2.75, 3.05) is 6.61 Å². The smallest absolute Gasteiger partial charge is 0.357 e. The maximum atomic E-state index is 11.2. The van der Waals surface area contributed by atoms with Crippen molar-refractivity contribution in [3.05, 3.63) is 22.2 Å². The van der Waals surface area contributed by atoms with Crippen LogP contribution in [0.25, 0.3) is 11.4 Å². The summed E-state index contributed by atoms with van der Waals surface area (Å²) in [5.74, 6) is -1.17. The summed E-state index contributed by atoms with van der Waals surface area (Å²) >= 11 is 3.07. The van der Waals surface area contributed by atoms with Gasteiger partial charge in [0.2, 0.25) is 0 Å². The first-order valence-corrected chi connectivity index (χ1v) is 8.23.